The summed E-state index contributed by atoms with van der Waals surface area (Å²) >= 11 is 1.91. The van der Waals surface area contributed by atoms with Gasteiger partial charge in [-0.05, 0) is 37.0 Å². The predicted molar refractivity (Wildman–Crippen MR) is 89.6 cm³/mol. The third kappa shape index (κ3) is 3.20. The van der Waals surface area contributed by atoms with Gasteiger partial charge in [-0.25, -0.2) is 0 Å². The van der Waals surface area contributed by atoms with E-state index in [4.69, 9.17) is 0 Å². The molecule has 2 heterocycles. The molecular weight excluding hydrogens is 276 g/mol. The number of hydrogen-bond donors (Lipinski definition) is 1. The second kappa shape index (κ2) is 5.91. The van der Waals surface area contributed by atoms with Crippen molar-refractivity contribution in [3.05, 3.63) is 47.3 Å². The molecule has 1 atom stereocenters. The van der Waals surface area contributed by atoms with Crippen LogP contribution in [0.1, 0.15) is 24.1 Å². The van der Waals surface area contributed by atoms with E-state index in [9.17, 15) is 0 Å². The SMILES string of the molecule is c1ccc(-c2ccc(CNC3CCN(C4CC4)C3)s2)cc1. The maximum absolute atomic E-state index is 3.74. The lowest BCUT2D eigenvalue weighted by Gasteiger charge is -2.15. The molecule has 1 aliphatic heterocycles. The van der Waals surface area contributed by atoms with Crippen LogP contribution >= 0.6 is 11.3 Å². The summed E-state index contributed by atoms with van der Waals surface area (Å²) in [5.74, 6) is 0. The Morgan fingerprint density at radius 2 is 1.90 bits per heavy atom. The highest BCUT2D eigenvalue weighted by molar-refractivity contribution is 7.15. The van der Waals surface area contributed by atoms with Crippen molar-refractivity contribution in [1.29, 1.82) is 0 Å². The molecule has 0 spiro atoms. The molecule has 0 amide bonds. The molecule has 4 rings (SSSR count). The van der Waals surface area contributed by atoms with E-state index in [1.54, 1.807) is 0 Å². The average molecular weight is 298 g/mol. The molecule has 2 aliphatic rings. The van der Waals surface area contributed by atoms with E-state index in [1.807, 2.05) is 11.3 Å². The van der Waals surface area contributed by atoms with Crippen LogP contribution in [-0.4, -0.2) is 30.1 Å². The third-order valence-electron chi connectivity index (χ3n) is 4.57. The van der Waals surface area contributed by atoms with Gasteiger partial charge in [0.15, 0.2) is 0 Å². The van der Waals surface area contributed by atoms with Gasteiger partial charge in [0.2, 0.25) is 0 Å². The Balaban J connectivity index is 1.32. The number of nitrogens with one attached hydrogen (secondary N) is 1. The lowest BCUT2D eigenvalue weighted by molar-refractivity contribution is 0.317. The van der Waals surface area contributed by atoms with Crippen LogP contribution in [0.25, 0.3) is 10.4 Å². The zero-order valence-electron chi connectivity index (χ0n) is 12.3. The van der Waals surface area contributed by atoms with Gasteiger partial charge in [0.05, 0.1) is 0 Å². The molecule has 1 aliphatic carbocycles. The fourth-order valence-corrected chi connectivity index (χ4v) is 4.16. The molecule has 3 heteroatoms. The quantitative estimate of drug-likeness (QED) is 0.904. The van der Waals surface area contributed by atoms with Crippen molar-refractivity contribution in [3.63, 3.8) is 0 Å². The fraction of sp³-hybridized carbons (Fsp3) is 0.444. The minimum absolute atomic E-state index is 0.688. The molecule has 21 heavy (non-hydrogen) atoms. The Hall–Kier alpha value is -1.16. The van der Waals surface area contributed by atoms with E-state index in [1.165, 1.54) is 47.7 Å². The largest absolute Gasteiger partial charge is 0.308 e. The van der Waals surface area contributed by atoms with Gasteiger partial charge in [0.25, 0.3) is 0 Å². The minimum Gasteiger partial charge on any atom is -0.308 e. The van der Waals surface area contributed by atoms with Crippen LogP contribution in [0.2, 0.25) is 0 Å². The van der Waals surface area contributed by atoms with Crippen molar-refractivity contribution < 1.29 is 0 Å². The number of hydrogen-bond acceptors (Lipinski definition) is 3. The van der Waals surface area contributed by atoms with Crippen molar-refractivity contribution >= 4 is 11.3 Å². The molecule has 1 saturated heterocycles. The number of rotatable bonds is 5. The molecule has 1 unspecified atom stereocenters. The van der Waals surface area contributed by atoms with Gasteiger partial charge in [-0.15, -0.1) is 11.3 Å². The predicted octanol–water partition coefficient (Wildman–Crippen LogP) is 3.74. The van der Waals surface area contributed by atoms with E-state index in [-0.39, 0.29) is 0 Å². The second-order valence-corrected chi connectivity index (χ2v) is 7.39. The minimum atomic E-state index is 0.688. The number of benzene rings is 1. The monoisotopic (exact) mass is 298 g/mol. The summed E-state index contributed by atoms with van der Waals surface area (Å²) in [6, 6.07) is 16.8. The van der Waals surface area contributed by atoms with E-state index < -0.39 is 0 Å². The molecular formula is C18H22N2S. The first-order chi connectivity index (χ1) is 10.4. The van der Waals surface area contributed by atoms with Crippen molar-refractivity contribution in [3.8, 4) is 10.4 Å². The fourth-order valence-electron chi connectivity index (χ4n) is 3.20. The van der Waals surface area contributed by atoms with Crippen molar-refractivity contribution in [2.75, 3.05) is 13.1 Å². The topological polar surface area (TPSA) is 15.3 Å². The first-order valence-electron chi connectivity index (χ1n) is 8.00. The second-order valence-electron chi connectivity index (χ2n) is 6.22. The zero-order chi connectivity index (χ0) is 14.1. The Morgan fingerprint density at radius 1 is 1.05 bits per heavy atom. The van der Waals surface area contributed by atoms with Crippen LogP contribution in [0.3, 0.4) is 0 Å². The summed E-state index contributed by atoms with van der Waals surface area (Å²) in [6.07, 6.45) is 4.17. The summed E-state index contributed by atoms with van der Waals surface area (Å²) in [6.45, 7) is 3.56. The number of thiophene rings is 1. The van der Waals surface area contributed by atoms with Gasteiger partial charge < -0.3 is 5.32 Å². The van der Waals surface area contributed by atoms with E-state index in [2.05, 4.69) is 52.7 Å². The van der Waals surface area contributed by atoms with Crippen LogP contribution in [0.5, 0.6) is 0 Å². The van der Waals surface area contributed by atoms with E-state index in [0.29, 0.717) is 6.04 Å². The lowest BCUT2D eigenvalue weighted by atomic mass is 10.2. The summed E-state index contributed by atoms with van der Waals surface area (Å²) in [7, 11) is 0. The summed E-state index contributed by atoms with van der Waals surface area (Å²) in [4.78, 5) is 5.48. The van der Waals surface area contributed by atoms with Crippen LogP contribution in [0, 0.1) is 0 Å². The van der Waals surface area contributed by atoms with Gasteiger partial charge in [0, 0.05) is 41.5 Å². The molecule has 2 aromatic rings. The first kappa shape index (κ1) is 13.5. The van der Waals surface area contributed by atoms with Crippen molar-refractivity contribution in [2.24, 2.45) is 0 Å². The summed E-state index contributed by atoms with van der Waals surface area (Å²) in [5.41, 5.74) is 1.33. The molecule has 1 saturated carbocycles. The first-order valence-corrected chi connectivity index (χ1v) is 8.82. The lowest BCUT2D eigenvalue weighted by Crippen LogP contribution is -2.32. The van der Waals surface area contributed by atoms with E-state index >= 15 is 0 Å². The summed E-state index contributed by atoms with van der Waals surface area (Å²) < 4.78 is 0. The van der Waals surface area contributed by atoms with Crippen LogP contribution in [0.4, 0.5) is 0 Å². The Bertz CT molecular complexity index is 588. The van der Waals surface area contributed by atoms with Gasteiger partial charge >= 0.3 is 0 Å². The maximum atomic E-state index is 3.74. The molecule has 0 bridgehead atoms. The van der Waals surface area contributed by atoms with Gasteiger partial charge in [0.1, 0.15) is 0 Å². The Kier molecular flexibility index (Phi) is 3.80. The molecule has 1 aromatic carbocycles. The zero-order valence-corrected chi connectivity index (χ0v) is 13.1. The Morgan fingerprint density at radius 3 is 2.71 bits per heavy atom. The van der Waals surface area contributed by atoms with Crippen LogP contribution < -0.4 is 5.32 Å². The van der Waals surface area contributed by atoms with Crippen molar-refractivity contribution in [2.45, 2.75) is 37.9 Å². The van der Waals surface area contributed by atoms with Crippen LogP contribution in [0.15, 0.2) is 42.5 Å². The number of nitrogens with zero attached hydrogens (tertiary/aromatic N) is 1. The highest BCUT2D eigenvalue weighted by atomic mass is 32.1. The maximum Gasteiger partial charge on any atom is 0.0346 e. The van der Waals surface area contributed by atoms with Crippen LogP contribution in [-0.2, 0) is 6.54 Å². The Labute approximate surface area is 130 Å². The average Bonchev–Trinajstić information content (AvgIpc) is 3.09. The molecule has 2 nitrogen and oxygen atoms in total. The molecule has 2 fully saturated rings. The normalized spacial score (nSPS) is 22.8. The van der Waals surface area contributed by atoms with Gasteiger partial charge in [-0.1, -0.05) is 30.3 Å². The molecule has 110 valence electrons. The molecule has 1 aromatic heterocycles. The molecule has 0 radical (unpaired) electrons. The standard InChI is InChI=1S/C18H22N2S/c1-2-4-14(5-3-1)18-9-8-17(21-18)12-19-15-10-11-20(13-15)16-6-7-16/h1-5,8-9,15-16,19H,6-7,10-13H2. The highest BCUT2D eigenvalue weighted by Crippen LogP contribution is 2.30. The molecule has 1 N–H and O–H groups in total. The number of likely N-dealkylation sites (tertiary alicyclic amines) is 1. The summed E-state index contributed by atoms with van der Waals surface area (Å²) in [5, 5.41) is 3.74. The smallest absolute Gasteiger partial charge is 0.0346 e. The van der Waals surface area contributed by atoms with Gasteiger partial charge in [-0.2, -0.15) is 0 Å². The highest BCUT2D eigenvalue weighted by Gasteiger charge is 2.34. The van der Waals surface area contributed by atoms with E-state index in [0.717, 1.165) is 12.6 Å². The van der Waals surface area contributed by atoms with Crippen molar-refractivity contribution in [1.82, 2.24) is 10.2 Å². The van der Waals surface area contributed by atoms with Gasteiger partial charge in [-0.3, -0.25) is 4.90 Å². The third-order valence-corrected chi connectivity index (χ3v) is 5.70.